The van der Waals surface area contributed by atoms with E-state index in [9.17, 15) is 13.5 Å². The molecule has 1 aliphatic rings. The first kappa shape index (κ1) is 15.1. The van der Waals surface area contributed by atoms with Crippen LogP contribution in [-0.4, -0.2) is 25.7 Å². The summed E-state index contributed by atoms with van der Waals surface area (Å²) in [5.74, 6) is 0. The molecule has 7 heteroatoms. The summed E-state index contributed by atoms with van der Waals surface area (Å²) in [6.07, 6.45) is 2.46. The molecule has 0 saturated heterocycles. The highest BCUT2D eigenvalue weighted by molar-refractivity contribution is 7.89. The monoisotopic (exact) mass is 323 g/mol. The van der Waals surface area contributed by atoms with Crippen molar-refractivity contribution >= 4 is 33.2 Å². The fourth-order valence-corrected chi connectivity index (χ4v) is 3.85. The van der Waals surface area contributed by atoms with E-state index in [-0.39, 0.29) is 9.92 Å². The van der Waals surface area contributed by atoms with Crippen LogP contribution in [0.1, 0.15) is 25.7 Å². The molecule has 2 rings (SSSR count). The van der Waals surface area contributed by atoms with Crippen LogP contribution < -0.4 is 4.72 Å². The molecular formula is C12H15Cl2NO3S. The van der Waals surface area contributed by atoms with Crippen LogP contribution >= 0.6 is 23.2 Å². The first-order chi connectivity index (χ1) is 8.90. The quantitative estimate of drug-likeness (QED) is 0.898. The summed E-state index contributed by atoms with van der Waals surface area (Å²) < 4.78 is 26.9. The van der Waals surface area contributed by atoms with Gasteiger partial charge in [0.25, 0.3) is 0 Å². The molecule has 2 atom stereocenters. The normalized spacial score (nSPS) is 24.4. The highest BCUT2D eigenvalue weighted by Gasteiger charge is 2.28. The zero-order valence-electron chi connectivity index (χ0n) is 10.1. The molecule has 0 aliphatic heterocycles. The minimum atomic E-state index is -3.69. The number of sulfonamides is 1. The van der Waals surface area contributed by atoms with Gasteiger partial charge in [-0.25, -0.2) is 13.1 Å². The fraction of sp³-hybridized carbons (Fsp3) is 0.500. The molecule has 1 aromatic rings. The van der Waals surface area contributed by atoms with Crippen LogP contribution in [0.15, 0.2) is 23.1 Å². The van der Waals surface area contributed by atoms with Gasteiger partial charge in [-0.1, -0.05) is 36.0 Å². The Hall–Kier alpha value is -0.330. The van der Waals surface area contributed by atoms with Crippen molar-refractivity contribution in [3.05, 3.63) is 28.2 Å². The third kappa shape index (κ3) is 3.61. The van der Waals surface area contributed by atoms with E-state index in [1.165, 1.54) is 18.2 Å². The van der Waals surface area contributed by atoms with E-state index >= 15 is 0 Å². The molecule has 0 spiro atoms. The standard InChI is InChI=1S/C12H15Cl2NO3S/c13-9-6-5-8(7-10(9)14)19(17,18)15-11-3-1-2-4-12(11)16/h5-7,11-12,15-16H,1-4H2. The topological polar surface area (TPSA) is 66.4 Å². The largest absolute Gasteiger partial charge is 0.391 e. The van der Waals surface area contributed by atoms with E-state index in [2.05, 4.69) is 4.72 Å². The van der Waals surface area contributed by atoms with Crippen LogP contribution in [0.2, 0.25) is 10.0 Å². The van der Waals surface area contributed by atoms with Gasteiger partial charge in [0.2, 0.25) is 10.0 Å². The smallest absolute Gasteiger partial charge is 0.240 e. The van der Waals surface area contributed by atoms with Crippen molar-refractivity contribution in [3.63, 3.8) is 0 Å². The lowest BCUT2D eigenvalue weighted by atomic mass is 9.93. The summed E-state index contributed by atoms with van der Waals surface area (Å²) in [6.45, 7) is 0. The van der Waals surface area contributed by atoms with E-state index in [0.29, 0.717) is 17.9 Å². The van der Waals surface area contributed by atoms with Gasteiger partial charge in [0.05, 0.1) is 21.0 Å². The second-order valence-electron chi connectivity index (χ2n) is 4.66. The predicted octanol–water partition coefficient (Wildman–Crippen LogP) is 2.58. The maximum absolute atomic E-state index is 12.2. The Kier molecular flexibility index (Phi) is 4.74. The number of halogens is 2. The number of benzene rings is 1. The molecule has 19 heavy (non-hydrogen) atoms. The van der Waals surface area contributed by atoms with E-state index in [1.54, 1.807) is 0 Å². The van der Waals surface area contributed by atoms with Gasteiger partial charge < -0.3 is 5.11 Å². The van der Waals surface area contributed by atoms with Crippen molar-refractivity contribution in [1.82, 2.24) is 4.72 Å². The van der Waals surface area contributed by atoms with Crippen LogP contribution in [0.4, 0.5) is 0 Å². The van der Waals surface area contributed by atoms with Crippen molar-refractivity contribution in [2.45, 2.75) is 42.7 Å². The first-order valence-electron chi connectivity index (χ1n) is 6.05. The minimum absolute atomic E-state index is 0.0553. The van der Waals surface area contributed by atoms with Crippen molar-refractivity contribution in [3.8, 4) is 0 Å². The highest BCUT2D eigenvalue weighted by Crippen LogP contribution is 2.26. The predicted molar refractivity (Wildman–Crippen MR) is 75.0 cm³/mol. The number of nitrogens with one attached hydrogen (secondary N) is 1. The molecule has 0 heterocycles. The molecule has 0 aromatic heterocycles. The number of rotatable bonds is 3. The summed E-state index contributed by atoms with van der Waals surface area (Å²) in [7, 11) is -3.69. The second-order valence-corrected chi connectivity index (χ2v) is 7.18. The van der Waals surface area contributed by atoms with Crippen LogP contribution in [0, 0.1) is 0 Å². The van der Waals surface area contributed by atoms with Crippen molar-refractivity contribution in [2.24, 2.45) is 0 Å². The lowest BCUT2D eigenvalue weighted by molar-refractivity contribution is 0.101. The zero-order valence-corrected chi connectivity index (χ0v) is 12.5. The van der Waals surface area contributed by atoms with Gasteiger partial charge in [0.1, 0.15) is 0 Å². The van der Waals surface area contributed by atoms with Gasteiger partial charge in [-0.3, -0.25) is 0 Å². The highest BCUT2D eigenvalue weighted by atomic mass is 35.5. The van der Waals surface area contributed by atoms with Crippen molar-refractivity contribution in [1.29, 1.82) is 0 Å². The molecule has 0 radical (unpaired) electrons. The lowest BCUT2D eigenvalue weighted by Crippen LogP contribution is -2.44. The van der Waals surface area contributed by atoms with Gasteiger partial charge in [0, 0.05) is 6.04 Å². The average molecular weight is 324 g/mol. The van der Waals surface area contributed by atoms with Crippen LogP contribution in [0.5, 0.6) is 0 Å². The van der Waals surface area contributed by atoms with E-state index in [0.717, 1.165) is 12.8 Å². The molecule has 1 fully saturated rings. The Bertz CT molecular complexity index is 562. The molecule has 4 nitrogen and oxygen atoms in total. The molecule has 1 aliphatic carbocycles. The van der Waals surface area contributed by atoms with Gasteiger partial charge in [-0.2, -0.15) is 0 Å². The third-order valence-corrected chi connectivity index (χ3v) is 5.46. The Morgan fingerprint density at radius 1 is 1.16 bits per heavy atom. The maximum Gasteiger partial charge on any atom is 0.240 e. The summed E-state index contributed by atoms with van der Waals surface area (Å²) in [4.78, 5) is 0.0553. The molecule has 106 valence electrons. The van der Waals surface area contributed by atoms with Gasteiger partial charge >= 0.3 is 0 Å². The zero-order chi connectivity index (χ0) is 14.0. The second kappa shape index (κ2) is 5.97. The third-order valence-electron chi connectivity index (χ3n) is 3.24. The van der Waals surface area contributed by atoms with Gasteiger partial charge in [-0.05, 0) is 31.0 Å². The molecule has 1 saturated carbocycles. The minimum Gasteiger partial charge on any atom is -0.391 e. The Morgan fingerprint density at radius 3 is 2.47 bits per heavy atom. The summed E-state index contributed by atoms with van der Waals surface area (Å²) >= 11 is 11.6. The Balaban J connectivity index is 2.19. The Morgan fingerprint density at radius 2 is 1.84 bits per heavy atom. The van der Waals surface area contributed by atoms with Gasteiger partial charge in [-0.15, -0.1) is 0 Å². The van der Waals surface area contributed by atoms with Gasteiger partial charge in [0.15, 0.2) is 0 Å². The van der Waals surface area contributed by atoms with Crippen molar-refractivity contribution in [2.75, 3.05) is 0 Å². The van der Waals surface area contributed by atoms with Crippen LogP contribution in [0.25, 0.3) is 0 Å². The van der Waals surface area contributed by atoms with Crippen molar-refractivity contribution < 1.29 is 13.5 Å². The number of aliphatic hydroxyl groups excluding tert-OH is 1. The maximum atomic E-state index is 12.2. The summed E-state index contributed by atoms with van der Waals surface area (Å²) in [5.41, 5.74) is 0. The number of hydrogen-bond donors (Lipinski definition) is 2. The average Bonchev–Trinajstić information content (AvgIpc) is 2.35. The molecule has 2 N–H and O–H groups in total. The van der Waals surface area contributed by atoms with E-state index in [4.69, 9.17) is 23.2 Å². The summed E-state index contributed by atoms with van der Waals surface area (Å²) in [6, 6.07) is 3.70. The molecule has 2 unspecified atom stereocenters. The first-order valence-corrected chi connectivity index (χ1v) is 8.29. The Labute approximate surface area is 122 Å². The lowest BCUT2D eigenvalue weighted by Gasteiger charge is -2.28. The fourth-order valence-electron chi connectivity index (χ4n) is 2.16. The molecule has 0 amide bonds. The summed E-state index contributed by atoms with van der Waals surface area (Å²) in [5, 5.41) is 10.3. The molecule has 1 aromatic carbocycles. The molecular weight excluding hydrogens is 309 g/mol. The van der Waals surface area contributed by atoms with Crippen LogP contribution in [0.3, 0.4) is 0 Å². The van der Waals surface area contributed by atoms with E-state index < -0.39 is 22.2 Å². The SMILES string of the molecule is O=S(=O)(NC1CCCCC1O)c1ccc(Cl)c(Cl)c1. The number of aliphatic hydroxyl groups is 1. The molecule has 0 bridgehead atoms. The van der Waals surface area contributed by atoms with Crippen LogP contribution in [-0.2, 0) is 10.0 Å². The number of hydrogen-bond acceptors (Lipinski definition) is 3. The van der Waals surface area contributed by atoms with E-state index in [1.807, 2.05) is 0 Å².